The number of hydrogen-bond acceptors (Lipinski definition) is 4. The molecule has 0 spiro atoms. The van der Waals surface area contributed by atoms with Crippen LogP contribution in [0.4, 0.5) is 10.2 Å². The van der Waals surface area contributed by atoms with Gasteiger partial charge >= 0.3 is 5.97 Å². The van der Waals surface area contributed by atoms with Gasteiger partial charge in [0.25, 0.3) is 0 Å². The van der Waals surface area contributed by atoms with Crippen molar-refractivity contribution in [2.75, 3.05) is 18.5 Å². The van der Waals surface area contributed by atoms with Gasteiger partial charge < -0.3 is 10.0 Å². The van der Waals surface area contributed by atoms with Crippen molar-refractivity contribution in [3.05, 3.63) is 53.8 Å². The molecule has 5 nitrogen and oxygen atoms in total. The number of hydrogen-bond donors (Lipinski definition) is 1. The fourth-order valence-corrected chi connectivity index (χ4v) is 2.88. The maximum atomic E-state index is 13.3. The molecular formula is C22H26FN3O2. The molecule has 148 valence electrons. The summed E-state index contributed by atoms with van der Waals surface area (Å²) in [7, 11) is 1.92. The smallest absolute Gasteiger partial charge is 0.335 e. The van der Waals surface area contributed by atoms with Gasteiger partial charge in [0.1, 0.15) is 11.5 Å². The number of nitrogens with zero attached hydrogens (tertiary/aromatic N) is 3. The summed E-state index contributed by atoms with van der Waals surface area (Å²) < 4.78 is 13.3. The normalized spacial score (nSPS) is 10.5. The van der Waals surface area contributed by atoms with Gasteiger partial charge in [0.15, 0.2) is 5.82 Å². The van der Waals surface area contributed by atoms with Crippen LogP contribution in [0, 0.1) is 11.7 Å². The second-order valence-electron chi connectivity index (χ2n) is 6.69. The van der Waals surface area contributed by atoms with Crippen LogP contribution in [0.5, 0.6) is 0 Å². The highest BCUT2D eigenvalue weighted by molar-refractivity contribution is 5.93. The Kier molecular flexibility index (Phi) is 7.04. The average Bonchev–Trinajstić information content (AvgIpc) is 2.68. The van der Waals surface area contributed by atoms with E-state index in [9.17, 15) is 14.3 Å². The lowest BCUT2D eigenvalue weighted by atomic mass is 10.1. The molecule has 0 aliphatic rings. The Balaban J connectivity index is 0.00000136. The van der Waals surface area contributed by atoms with Gasteiger partial charge in [0, 0.05) is 19.2 Å². The highest BCUT2D eigenvalue weighted by atomic mass is 19.1. The Morgan fingerprint density at radius 3 is 2.29 bits per heavy atom. The van der Waals surface area contributed by atoms with Crippen molar-refractivity contribution in [2.24, 2.45) is 5.92 Å². The number of anilines is 1. The largest absolute Gasteiger partial charge is 0.478 e. The molecule has 2 aromatic carbocycles. The summed E-state index contributed by atoms with van der Waals surface area (Å²) in [5.74, 6) is -0.275. The number of aromatic nitrogens is 2. The Bertz CT molecular complexity index is 956. The summed E-state index contributed by atoms with van der Waals surface area (Å²) in [6.45, 7) is 8.96. The number of halogens is 1. The van der Waals surface area contributed by atoms with Crippen molar-refractivity contribution in [1.29, 1.82) is 0 Å². The minimum Gasteiger partial charge on any atom is -0.478 e. The van der Waals surface area contributed by atoms with E-state index in [1.165, 1.54) is 24.3 Å². The lowest BCUT2D eigenvalue weighted by molar-refractivity contribution is 0.0697. The SMILES string of the molecule is CC.CC(C)CN(C)c1nc2cc(C(=O)O)ccc2nc1-c1ccc(F)cc1. The molecule has 0 unspecified atom stereocenters. The first-order chi connectivity index (χ1) is 13.3. The van der Waals surface area contributed by atoms with Crippen molar-refractivity contribution in [2.45, 2.75) is 27.7 Å². The van der Waals surface area contributed by atoms with E-state index in [1.54, 1.807) is 18.2 Å². The zero-order chi connectivity index (χ0) is 20.8. The molecule has 1 heterocycles. The Morgan fingerprint density at radius 1 is 1.07 bits per heavy atom. The summed E-state index contributed by atoms with van der Waals surface area (Å²) in [5, 5.41) is 9.21. The lowest BCUT2D eigenvalue weighted by Crippen LogP contribution is -2.24. The molecule has 3 aromatic rings. The molecule has 1 aromatic heterocycles. The fraction of sp³-hybridized carbons (Fsp3) is 0.318. The van der Waals surface area contributed by atoms with Crippen LogP contribution < -0.4 is 4.90 Å². The van der Waals surface area contributed by atoms with Crippen LogP contribution in [-0.4, -0.2) is 34.6 Å². The van der Waals surface area contributed by atoms with E-state index in [-0.39, 0.29) is 11.4 Å². The van der Waals surface area contributed by atoms with Crippen LogP contribution in [-0.2, 0) is 0 Å². The van der Waals surface area contributed by atoms with Crippen LogP contribution in [0.2, 0.25) is 0 Å². The number of carbonyl (C=O) groups is 1. The molecule has 0 aliphatic carbocycles. The topological polar surface area (TPSA) is 66.3 Å². The summed E-state index contributed by atoms with van der Waals surface area (Å²) in [4.78, 5) is 22.6. The molecule has 0 aliphatic heterocycles. The first-order valence-electron chi connectivity index (χ1n) is 9.37. The van der Waals surface area contributed by atoms with E-state index in [0.717, 1.165) is 12.1 Å². The molecule has 3 rings (SSSR count). The third-order valence-corrected chi connectivity index (χ3v) is 4.01. The molecular weight excluding hydrogens is 357 g/mol. The molecule has 6 heteroatoms. The van der Waals surface area contributed by atoms with Crippen molar-refractivity contribution in [3.8, 4) is 11.3 Å². The molecule has 28 heavy (non-hydrogen) atoms. The summed E-state index contributed by atoms with van der Waals surface area (Å²) in [6, 6.07) is 10.8. The number of fused-ring (bicyclic) bond motifs is 1. The number of carboxylic acids is 1. The molecule has 0 atom stereocenters. The van der Waals surface area contributed by atoms with E-state index in [4.69, 9.17) is 0 Å². The van der Waals surface area contributed by atoms with Gasteiger partial charge in [0.2, 0.25) is 0 Å². The van der Waals surface area contributed by atoms with Crippen LogP contribution in [0.1, 0.15) is 38.1 Å². The van der Waals surface area contributed by atoms with Crippen molar-refractivity contribution >= 4 is 22.8 Å². The number of carboxylic acid groups (broad SMARTS) is 1. The van der Waals surface area contributed by atoms with Gasteiger partial charge in [-0.2, -0.15) is 0 Å². The highest BCUT2D eigenvalue weighted by Gasteiger charge is 2.17. The van der Waals surface area contributed by atoms with Gasteiger partial charge in [-0.05, 0) is 48.4 Å². The zero-order valence-electron chi connectivity index (χ0n) is 16.9. The third-order valence-electron chi connectivity index (χ3n) is 4.01. The Morgan fingerprint density at radius 2 is 1.71 bits per heavy atom. The zero-order valence-corrected chi connectivity index (χ0v) is 16.9. The molecule has 0 radical (unpaired) electrons. The monoisotopic (exact) mass is 383 g/mol. The molecule has 0 amide bonds. The predicted molar refractivity (Wildman–Crippen MR) is 111 cm³/mol. The maximum absolute atomic E-state index is 13.3. The van der Waals surface area contributed by atoms with E-state index >= 15 is 0 Å². The second-order valence-corrected chi connectivity index (χ2v) is 6.69. The van der Waals surface area contributed by atoms with E-state index < -0.39 is 5.97 Å². The van der Waals surface area contributed by atoms with Crippen LogP contribution in [0.3, 0.4) is 0 Å². The van der Waals surface area contributed by atoms with E-state index in [0.29, 0.717) is 28.5 Å². The van der Waals surface area contributed by atoms with Gasteiger partial charge in [0.05, 0.1) is 16.6 Å². The molecule has 0 fully saturated rings. The molecule has 0 bridgehead atoms. The fourth-order valence-electron chi connectivity index (χ4n) is 2.88. The third kappa shape index (κ3) is 4.82. The van der Waals surface area contributed by atoms with Crippen LogP contribution >= 0.6 is 0 Å². The summed E-state index contributed by atoms with van der Waals surface area (Å²) >= 11 is 0. The minimum absolute atomic E-state index is 0.166. The number of benzene rings is 2. The van der Waals surface area contributed by atoms with Crippen molar-refractivity contribution in [1.82, 2.24) is 9.97 Å². The average molecular weight is 383 g/mol. The lowest BCUT2D eigenvalue weighted by Gasteiger charge is -2.23. The maximum Gasteiger partial charge on any atom is 0.335 e. The Hall–Kier alpha value is -3.02. The van der Waals surface area contributed by atoms with E-state index in [1.807, 2.05) is 25.8 Å². The van der Waals surface area contributed by atoms with Crippen molar-refractivity contribution < 1.29 is 14.3 Å². The van der Waals surface area contributed by atoms with Gasteiger partial charge in [-0.25, -0.2) is 19.2 Å². The molecule has 1 N–H and O–H groups in total. The molecule has 0 saturated carbocycles. The van der Waals surface area contributed by atoms with Crippen LogP contribution in [0.15, 0.2) is 42.5 Å². The predicted octanol–water partition coefficient (Wildman–Crippen LogP) is 5.25. The number of aromatic carboxylic acids is 1. The minimum atomic E-state index is -1.01. The summed E-state index contributed by atoms with van der Waals surface area (Å²) in [5.41, 5.74) is 2.67. The van der Waals surface area contributed by atoms with E-state index in [2.05, 4.69) is 23.8 Å². The van der Waals surface area contributed by atoms with Crippen molar-refractivity contribution in [3.63, 3.8) is 0 Å². The first-order valence-corrected chi connectivity index (χ1v) is 9.37. The standard InChI is InChI=1S/C20H20FN3O2.C2H6/c1-12(2)11-24(3)19-18(13-4-7-15(21)8-5-13)22-16-9-6-14(20(25)26)10-17(16)23-19;1-2/h4-10,12H,11H2,1-3H3,(H,25,26);1-2H3. The molecule has 0 saturated heterocycles. The van der Waals surface area contributed by atoms with Gasteiger partial charge in [-0.1, -0.05) is 27.7 Å². The van der Waals surface area contributed by atoms with Gasteiger partial charge in [-0.15, -0.1) is 0 Å². The second kappa shape index (κ2) is 9.26. The van der Waals surface area contributed by atoms with Crippen LogP contribution in [0.25, 0.3) is 22.3 Å². The quantitative estimate of drug-likeness (QED) is 0.651. The first kappa shape index (κ1) is 21.3. The summed E-state index contributed by atoms with van der Waals surface area (Å²) in [6.07, 6.45) is 0. The number of rotatable bonds is 5. The Labute approximate surface area is 164 Å². The van der Waals surface area contributed by atoms with Gasteiger partial charge in [-0.3, -0.25) is 0 Å². The highest BCUT2D eigenvalue weighted by Crippen LogP contribution is 2.30.